The Hall–Kier alpha value is -3.54. The summed E-state index contributed by atoms with van der Waals surface area (Å²) < 4.78 is 51.5. The summed E-state index contributed by atoms with van der Waals surface area (Å²) in [5.41, 5.74) is 1.55. The van der Waals surface area contributed by atoms with Crippen molar-refractivity contribution in [1.82, 2.24) is 4.48 Å². The number of carbonyl (C=O) groups excluding carboxylic acids is 3. The molecule has 0 bridgehead atoms. The van der Waals surface area contributed by atoms with Crippen molar-refractivity contribution in [2.45, 2.75) is 213 Å². The maximum atomic E-state index is 16.3. The fraction of sp³-hybridized carbons (Fsp3) is 0.686. The third kappa shape index (κ3) is 19.2. The molecule has 0 fully saturated rings. The van der Waals surface area contributed by atoms with E-state index in [9.17, 15) is 14.4 Å². The smallest absolute Gasteiger partial charge is 0.462 e. The molecule has 0 saturated carbocycles. The number of allylic oxidation sites excluding steroid dienone is 2. The van der Waals surface area contributed by atoms with Gasteiger partial charge in [-0.05, 0) is 48.5 Å². The highest BCUT2D eigenvalue weighted by molar-refractivity contribution is 7.12. The summed E-state index contributed by atoms with van der Waals surface area (Å²) >= 11 is 1.40. The number of halogens is 2. The van der Waals surface area contributed by atoms with Crippen molar-refractivity contribution in [3.8, 4) is 0 Å². The van der Waals surface area contributed by atoms with Crippen molar-refractivity contribution in [2.24, 2.45) is 0 Å². The highest BCUT2D eigenvalue weighted by atomic mass is 32.1. The molecule has 2 aliphatic heterocycles. The van der Waals surface area contributed by atoms with Crippen LogP contribution in [0.4, 0.5) is 8.63 Å². The van der Waals surface area contributed by atoms with Gasteiger partial charge in [0.25, 0.3) is 0 Å². The number of esters is 3. The number of rotatable bonds is 37. The van der Waals surface area contributed by atoms with Gasteiger partial charge < -0.3 is 31.8 Å². The van der Waals surface area contributed by atoms with Gasteiger partial charge in [0.15, 0.2) is 17.5 Å². The molecule has 8 nitrogen and oxygen atoms in total. The average Bonchev–Trinajstić information content (AvgIpc) is 4.06. The Kier molecular flexibility index (Phi) is 25.3. The van der Waals surface area contributed by atoms with E-state index >= 15 is 8.63 Å². The summed E-state index contributed by atoms with van der Waals surface area (Å²) in [6.45, 7) is -0.228. The van der Waals surface area contributed by atoms with E-state index in [-0.39, 0.29) is 50.8 Å². The molecule has 4 heterocycles. The van der Waals surface area contributed by atoms with Crippen LogP contribution in [0.15, 0.2) is 47.5 Å². The highest BCUT2D eigenvalue weighted by Crippen LogP contribution is 2.34. The van der Waals surface area contributed by atoms with Gasteiger partial charge in [-0.25, -0.2) is 0 Å². The van der Waals surface area contributed by atoms with E-state index in [0.717, 1.165) is 52.4 Å². The van der Waals surface area contributed by atoms with Crippen molar-refractivity contribution in [2.75, 3.05) is 13.2 Å². The lowest BCUT2D eigenvalue weighted by Crippen LogP contribution is -2.50. The third-order valence-corrected chi connectivity index (χ3v) is 13.3. The standard InChI is InChI=1S/C51H79BF2N2O6S/c1-3-5-7-9-11-13-15-17-19-21-23-25-27-31-49(57)60-41-46(42-61-50(58)32-28-26-24-22-20-18-16-14-12-10-8-6-4-2)62-51(59)38-36-43-33-34-44-40-45-35-37-47(48-30-29-39-63-48)56(45)52(53,54)55(43)44/h29-30,33-35,37,39-40,46H,3-28,31-32,36,38,41-42H2,1-2H3. The van der Waals surface area contributed by atoms with E-state index in [4.69, 9.17) is 14.2 Å². The van der Waals surface area contributed by atoms with Gasteiger partial charge in [0.2, 0.25) is 0 Å². The lowest BCUT2D eigenvalue weighted by Gasteiger charge is -2.30. The molecule has 2 aromatic rings. The van der Waals surface area contributed by atoms with Crippen LogP contribution in [0.3, 0.4) is 0 Å². The van der Waals surface area contributed by atoms with Crippen LogP contribution < -0.4 is 0 Å². The number of unbranched alkanes of at least 4 members (excludes halogenated alkanes) is 24. The third-order valence-electron chi connectivity index (χ3n) is 12.4. The van der Waals surface area contributed by atoms with Crippen LogP contribution in [0.25, 0.3) is 6.08 Å². The number of nitrogens with zero attached hydrogens (tertiary/aromatic N) is 2. The second-order valence-electron chi connectivity index (χ2n) is 17.8. The first-order chi connectivity index (χ1) is 30.7. The number of ether oxygens (including phenoxy) is 3. The molecule has 0 atom stereocenters. The molecule has 2 aliphatic rings. The Bertz CT molecular complexity index is 1680. The maximum absolute atomic E-state index is 16.3. The number of aromatic nitrogens is 1. The molecule has 2 aromatic heterocycles. The second-order valence-corrected chi connectivity index (χ2v) is 18.8. The molecule has 0 spiro atoms. The summed E-state index contributed by atoms with van der Waals surface area (Å²) in [6, 6.07) is 6.94. The summed E-state index contributed by atoms with van der Waals surface area (Å²) in [7, 11) is 0. The van der Waals surface area contributed by atoms with E-state index in [1.165, 1.54) is 140 Å². The molecule has 63 heavy (non-hydrogen) atoms. The Labute approximate surface area is 382 Å². The van der Waals surface area contributed by atoms with Gasteiger partial charge in [-0.1, -0.05) is 174 Å². The minimum absolute atomic E-state index is 0.0132. The molecule has 4 rings (SSSR count). The largest absolute Gasteiger partial charge is 0.737 e. The van der Waals surface area contributed by atoms with E-state index in [1.54, 1.807) is 30.4 Å². The van der Waals surface area contributed by atoms with Crippen LogP contribution in [0, 0.1) is 0 Å². The molecule has 0 saturated heterocycles. The Morgan fingerprint density at radius 3 is 1.56 bits per heavy atom. The lowest BCUT2D eigenvalue weighted by atomic mass is 9.90. The molecule has 0 N–H and O–H groups in total. The molecule has 0 aliphatic carbocycles. The van der Waals surface area contributed by atoms with Gasteiger partial charge in [-0.15, -0.1) is 11.3 Å². The van der Waals surface area contributed by atoms with Gasteiger partial charge in [-0.2, -0.15) is 0 Å². The molecular weight excluding hydrogens is 817 g/mol. The van der Waals surface area contributed by atoms with Crippen LogP contribution in [0.5, 0.6) is 0 Å². The summed E-state index contributed by atoms with van der Waals surface area (Å²) in [5, 5.41) is 1.86. The average molecular weight is 897 g/mol. The van der Waals surface area contributed by atoms with Crippen LogP contribution >= 0.6 is 11.3 Å². The predicted octanol–water partition coefficient (Wildman–Crippen LogP) is 14.1. The summed E-state index contributed by atoms with van der Waals surface area (Å²) in [6.07, 6.45) is 35.9. The predicted molar refractivity (Wildman–Crippen MR) is 254 cm³/mol. The minimum Gasteiger partial charge on any atom is -0.462 e. The number of aryl methyl sites for hydroxylation is 1. The van der Waals surface area contributed by atoms with E-state index in [2.05, 4.69) is 13.8 Å². The van der Waals surface area contributed by atoms with Gasteiger partial charge in [0, 0.05) is 36.8 Å². The van der Waals surface area contributed by atoms with Gasteiger partial charge in [-0.3, -0.25) is 14.4 Å². The molecular formula is C51H79BF2N2O6S. The Morgan fingerprint density at radius 2 is 1.10 bits per heavy atom. The summed E-state index contributed by atoms with van der Waals surface area (Å²) in [5.74, 6) is -1.42. The molecule has 352 valence electrons. The van der Waals surface area contributed by atoms with Gasteiger partial charge in [0.1, 0.15) is 13.2 Å². The zero-order valence-corrected chi connectivity index (χ0v) is 39.7. The van der Waals surface area contributed by atoms with Crippen molar-refractivity contribution < 1.29 is 41.7 Å². The highest BCUT2D eigenvalue weighted by Gasteiger charge is 2.52. The second kappa shape index (κ2) is 30.6. The number of hydrogen-bond donors (Lipinski definition) is 0. The van der Waals surface area contributed by atoms with Gasteiger partial charge >= 0.3 is 24.9 Å². The Morgan fingerprint density at radius 1 is 0.619 bits per heavy atom. The fourth-order valence-corrected chi connectivity index (χ4v) is 9.46. The number of carbonyl (C=O) groups is 3. The van der Waals surface area contributed by atoms with Crippen LogP contribution in [-0.2, 0) is 35.0 Å². The molecule has 0 amide bonds. The fourth-order valence-electron chi connectivity index (χ4n) is 8.71. The lowest BCUT2D eigenvalue weighted by molar-refractivity contribution is -0.360. The van der Waals surface area contributed by atoms with Crippen molar-refractivity contribution in [1.29, 1.82) is 0 Å². The SMILES string of the molecule is CCCCCCCCCCCCCCCC(=O)OCC(COC(=O)CCCCCCCCCCCCCCC)OC(=O)CCc1ccc2n1[B-](F)(F)[N+]1=C(c3cccs3)C=CC1=C2. The summed E-state index contributed by atoms with van der Waals surface area (Å²) in [4.78, 5) is 39.4. The van der Waals surface area contributed by atoms with E-state index < -0.39 is 19.0 Å². The van der Waals surface area contributed by atoms with Crippen molar-refractivity contribution in [3.05, 3.63) is 63.8 Å². The number of fused-ring (bicyclic) bond motifs is 2. The molecule has 0 unspecified atom stereocenters. The monoisotopic (exact) mass is 897 g/mol. The van der Waals surface area contributed by atoms with Crippen molar-refractivity contribution >= 4 is 48.0 Å². The molecule has 0 radical (unpaired) electrons. The van der Waals surface area contributed by atoms with Crippen molar-refractivity contribution in [3.63, 3.8) is 0 Å². The van der Waals surface area contributed by atoms with E-state index in [1.807, 2.05) is 17.5 Å². The zero-order chi connectivity index (χ0) is 45.0. The van der Waals surface area contributed by atoms with E-state index in [0.29, 0.717) is 22.8 Å². The van der Waals surface area contributed by atoms with Crippen LogP contribution in [-0.4, -0.2) is 58.9 Å². The molecule has 12 heteroatoms. The quantitative estimate of drug-likeness (QED) is 0.0291. The topological polar surface area (TPSA) is 86.8 Å². The minimum atomic E-state index is -4.24. The first-order valence-electron chi connectivity index (χ1n) is 25.1. The maximum Gasteiger partial charge on any atom is 0.737 e. The normalized spacial score (nSPS) is 14.0. The number of thiophene rings is 1. The van der Waals surface area contributed by atoms with Gasteiger partial charge in [0.05, 0.1) is 11.3 Å². The number of hydrogen-bond acceptors (Lipinski definition) is 7. The Balaban J connectivity index is 1.19. The first kappa shape index (κ1) is 52.1. The zero-order valence-electron chi connectivity index (χ0n) is 38.9. The van der Waals surface area contributed by atoms with Crippen LogP contribution in [0.1, 0.15) is 216 Å². The van der Waals surface area contributed by atoms with Crippen LogP contribution in [0.2, 0.25) is 0 Å². The molecule has 0 aromatic carbocycles. The first-order valence-corrected chi connectivity index (χ1v) is 26.0.